The summed E-state index contributed by atoms with van der Waals surface area (Å²) >= 11 is 0. The highest BCUT2D eigenvalue weighted by Crippen LogP contribution is 2.07. The molecule has 0 aromatic rings. The van der Waals surface area contributed by atoms with Crippen LogP contribution in [0, 0.1) is 5.92 Å². The highest BCUT2D eigenvalue weighted by atomic mass is 16.5. The van der Waals surface area contributed by atoms with Crippen molar-refractivity contribution in [1.29, 1.82) is 0 Å². The first-order valence-electron chi connectivity index (χ1n) is 10.8. The molecule has 0 aliphatic rings. The van der Waals surface area contributed by atoms with Crippen LogP contribution < -0.4 is 10.6 Å². The number of nitrogens with one attached hydrogen (secondary N) is 2. The molecule has 0 aliphatic carbocycles. The molecule has 0 saturated carbocycles. The Balaban J connectivity index is 3.33. The Hall–Kier alpha value is -1.55. The van der Waals surface area contributed by atoms with E-state index in [-0.39, 0.29) is 36.7 Å². The number of carbonyl (C=O) groups is 3. The molecule has 9 nitrogen and oxygen atoms in total. The van der Waals surface area contributed by atoms with Crippen molar-refractivity contribution in [3.63, 3.8) is 0 Å². The van der Waals surface area contributed by atoms with E-state index in [2.05, 4.69) is 10.6 Å². The number of amides is 2. The van der Waals surface area contributed by atoms with Crippen LogP contribution in [0.5, 0.6) is 0 Å². The van der Waals surface area contributed by atoms with E-state index in [0.29, 0.717) is 52.7 Å². The highest BCUT2D eigenvalue weighted by molar-refractivity contribution is 5.78. The van der Waals surface area contributed by atoms with Crippen LogP contribution in [0.1, 0.15) is 46.5 Å². The second kappa shape index (κ2) is 20.7. The third-order valence-corrected chi connectivity index (χ3v) is 4.21. The summed E-state index contributed by atoms with van der Waals surface area (Å²) < 4.78 is 21.0. The van der Waals surface area contributed by atoms with Gasteiger partial charge in [-0.25, -0.2) is 0 Å². The Morgan fingerprint density at radius 3 is 1.83 bits per heavy atom. The maximum Gasteiger partial charge on any atom is 0.246 e. The van der Waals surface area contributed by atoms with Crippen LogP contribution in [0.15, 0.2) is 0 Å². The summed E-state index contributed by atoms with van der Waals surface area (Å²) in [6.07, 6.45) is 3.56. The summed E-state index contributed by atoms with van der Waals surface area (Å²) in [6, 6.07) is 0. The fourth-order valence-corrected chi connectivity index (χ4v) is 2.29. The maximum atomic E-state index is 11.6. The van der Waals surface area contributed by atoms with Gasteiger partial charge in [0.2, 0.25) is 11.8 Å². The summed E-state index contributed by atoms with van der Waals surface area (Å²) in [6.45, 7) is 9.11. The van der Waals surface area contributed by atoms with Crippen molar-refractivity contribution in [2.75, 3.05) is 65.9 Å². The Morgan fingerprint density at radius 1 is 0.733 bits per heavy atom. The largest absolute Gasteiger partial charge is 0.379 e. The molecule has 0 aliphatic heterocycles. The summed E-state index contributed by atoms with van der Waals surface area (Å²) in [7, 11) is 0. The monoisotopic (exact) mass is 432 g/mol. The van der Waals surface area contributed by atoms with Gasteiger partial charge in [-0.1, -0.05) is 20.3 Å². The van der Waals surface area contributed by atoms with E-state index in [1.807, 2.05) is 13.8 Å². The molecule has 0 aromatic carbocycles. The van der Waals surface area contributed by atoms with Crippen LogP contribution in [0.3, 0.4) is 0 Å². The van der Waals surface area contributed by atoms with Crippen molar-refractivity contribution < 1.29 is 33.3 Å². The molecule has 0 rings (SSSR count). The first-order valence-corrected chi connectivity index (χ1v) is 10.8. The topological polar surface area (TPSA) is 112 Å². The number of hydrogen-bond donors (Lipinski definition) is 2. The molecule has 2 amide bonds. The second-order valence-corrected chi connectivity index (χ2v) is 7.04. The Labute approximate surface area is 180 Å². The van der Waals surface area contributed by atoms with Crippen molar-refractivity contribution in [2.45, 2.75) is 46.5 Å². The average Bonchev–Trinajstić information content (AvgIpc) is 2.71. The quantitative estimate of drug-likeness (QED) is 0.261. The molecule has 1 atom stereocenters. The van der Waals surface area contributed by atoms with Gasteiger partial charge in [-0.3, -0.25) is 14.4 Å². The molecule has 1 unspecified atom stereocenters. The van der Waals surface area contributed by atoms with Gasteiger partial charge < -0.3 is 29.6 Å². The molecule has 0 heterocycles. The average molecular weight is 433 g/mol. The first-order chi connectivity index (χ1) is 14.5. The standard InChI is InChI=1S/C21H40N2O7/c1-4-10-27-12-14-29-17-21(26)23-9-11-28-13-15-30-16-20(25)22-8-6-5-7-18(2)19(3)24/h18H,4-17H2,1-3H3,(H,22,25)(H,23,26). The zero-order valence-electron chi connectivity index (χ0n) is 18.8. The SMILES string of the molecule is CCCOCCOCC(=O)NCCOCCOCC(=O)NCCCCC(C)C(C)=O. The van der Waals surface area contributed by atoms with Crippen LogP contribution in [-0.2, 0) is 33.3 Å². The van der Waals surface area contributed by atoms with Crippen molar-refractivity contribution in [1.82, 2.24) is 10.6 Å². The number of ketones is 1. The van der Waals surface area contributed by atoms with Crippen LogP contribution in [0.25, 0.3) is 0 Å². The van der Waals surface area contributed by atoms with E-state index in [1.54, 1.807) is 6.92 Å². The number of ether oxygens (including phenoxy) is 4. The lowest BCUT2D eigenvalue weighted by atomic mass is 10.0. The van der Waals surface area contributed by atoms with Gasteiger partial charge in [-0.2, -0.15) is 0 Å². The van der Waals surface area contributed by atoms with Crippen LogP contribution in [-0.4, -0.2) is 83.5 Å². The molecule has 30 heavy (non-hydrogen) atoms. The van der Waals surface area contributed by atoms with Crippen molar-refractivity contribution >= 4 is 17.6 Å². The summed E-state index contributed by atoms with van der Waals surface area (Å²) in [5.41, 5.74) is 0. The molecule has 0 saturated heterocycles. The number of Topliss-reactive ketones (excluding diaryl/α,β-unsaturated/α-hetero) is 1. The maximum absolute atomic E-state index is 11.6. The lowest BCUT2D eigenvalue weighted by molar-refractivity contribution is -0.127. The minimum atomic E-state index is -0.197. The van der Waals surface area contributed by atoms with E-state index in [1.165, 1.54) is 0 Å². The van der Waals surface area contributed by atoms with Gasteiger partial charge >= 0.3 is 0 Å². The van der Waals surface area contributed by atoms with Crippen molar-refractivity contribution in [3.8, 4) is 0 Å². The number of rotatable bonds is 21. The van der Waals surface area contributed by atoms with Gasteiger partial charge in [0.05, 0.1) is 33.0 Å². The molecule has 0 spiro atoms. The smallest absolute Gasteiger partial charge is 0.246 e. The van der Waals surface area contributed by atoms with E-state index >= 15 is 0 Å². The van der Waals surface area contributed by atoms with Gasteiger partial charge in [-0.15, -0.1) is 0 Å². The fourth-order valence-electron chi connectivity index (χ4n) is 2.29. The zero-order valence-corrected chi connectivity index (χ0v) is 18.8. The van der Waals surface area contributed by atoms with Crippen molar-refractivity contribution in [2.24, 2.45) is 5.92 Å². The van der Waals surface area contributed by atoms with E-state index in [4.69, 9.17) is 18.9 Å². The zero-order chi connectivity index (χ0) is 22.5. The third kappa shape index (κ3) is 19.8. The molecular weight excluding hydrogens is 392 g/mol. The highest BCUT2D eigenvalue weighted by Gasteiger charge is 2.07. The Kier molecular flexibility index (Phi) is 19.6. The minimum absolute atomic E-state index is 0.00343. The Morgan fingerprint density at radius 2 is 1.27 bits per heavy atom. The molecule has 0 bridgehead atoms. The number of carbonyl (C=O) groups excluding carboxylic acids is 3. The summed E-state index contributed by atoms with van der Waals surface area (Å²) in [5.74, 6) is -0.0735. The lowest BCUT2D eigenvalue weighted by Crippen LogP contribution is -2.31. The van der Waals surface area contributed by atoms with Gasteiger partial charge in [0.25, 0.3) is 0 Å². The number of unbranched alkanes of at least 4 members (excludes halogenated alkanes) is 1. The molecule has 0 fully saturated rings. The molecule has 2 N–H and O–H groups in total. The molecule has 176 valence electrons. The fraction of sp³-hybridized carbons (Fsp3) is 0.857. The van der Waals surface area contributed by atoms with Crippen molar-refractivity contribution in [3.05, 3.63) is 0 Å². The molecule has 9 heteroatoms. The second-order valence-electron chi connectivity index (χ2n) is 7.04. The predicted molar refractivity (Wildman–Crippen MR) is 113 cm³/mol. The molecule has 0 radical (unpaired) electrons. The third-order valence-electron chi connectivity index (χ3n) is 4.21. The van der Waals surface area contributed by atoms with E-state index < -0.39 is 0 Å². The summed E-state index contributed by atoms with van der Waals surface area (Å²) in [5, 5.41) is 5.47. The van der Waals surface area contributed by atoms with Gasteiger partial charge in [-0.05, 0) is 26.2 Å². The van der Waals surface area contributed by atoms with E-state index in [0.717, 1.165) is 25.7 Å². The molecular formula is C21H40N2O7. The van der Waals surface area contributed by atoms with Gasteiger partial charge in [0, 0.05) is 25.6 Å². The lowest BCUT2D eigenvalue weighted by Gasteiger charge is -2.09. The Bertz CT molecular complexity index is 461. The van der Waals surface area contributed by atoms with Gasteiger partial charge in [0.1, 0.15) is 19.0 Å². The number of hydrogen-bond acceptors (Lipinski definition) is 7. The predicted octanol–water partition coefficient (Wildman–Crippen LogP) is 1.09. The van der Waals surface area contributed by atoms with Gasteiger partial charge in [0.15, 0.2) is 0 Å². The summed E-state index contributed by atoms with van der Waals surface area (Å²) in [4.78, 5) is 34.3. The minimum Gasteiger partial charge on any atom is -0.379 e. The van der Waals surface area contributed by atoms with Crippen LogP contribution in [0.4, 0.5) is 0 Å². The van der Waals surface area contributed by atoms with Crippen LogP contribution >= 0.6 is 0 Å². The normalized spacial score (nSPS) is 11.8. The molecule has 0 aromatic heterocycles. The van der Waals surface area contributed by atoms with E-state index in [9.17, 15) is 14.4 Å². The first kappa shape index (κ1) is 28.5. The van der Waals surface area contributed by atoms with Crippen LogP contribution in [0.2, 0.25) is 0 Å².